The minimum absolute atomic E-state index is 0.0997. The van der Waals surface area contributed by atoms with Crippen molar-refractivity contribution in [2.45, 2.75) is 19.0 Å². The van der Waals surface area contributed by atoms with E-state index in [2.05, 4.69) is 51.6 Å². The Morgan fingerprint density at radius 2 is 1.92 bits per heavy atom. The average Bonchev–Trinajstić information content (AvgIpc) is 3.55. The number of benzene rings is 3. The van der Waals surface area contributed by atoms with E-state index in [1.54, 1.807) is 12.1 Å². The van der Waals surface area contributed by atoms with Gasteiger partial charge in [-0.05, 0) is 65.7 Å². The molecule has 0 bridgehead atoms. The van der Waals surface area contributed by atoms with Crippen LogP contribution in [0.4, 0.5) is 0 Å². The number of fused-ring (bicyclic) bond motifs is 4. The number of carbonyl (C=O) groups is 1. The minimum atomic E-state index is -0.348. The summed E-state index contributed by atoms with van der Waals surface area (Å²) < 4.78 is 16.0. The SMILES string of the molecule is COC(=O)c1ccc(CNC(=S)N2CCc3c([nH]c4ccccc34)[C@H]2c2ccc3c(c2)OCO3)cc1. The molecular formula is C28H25N3O4S. The van der Waals surface area contributed by atoms with Crippen molar-refractivity contribution in [2.24, 2.45) is 0 Å². The van der Waals surface area contributed by atoms with Gasteiger partial charge in [0.15, 0.2) is 16.6 Å². The molecule has 8 heteroatoms. The Labute approximate surface area is 214 Å². The van der Waals surface area contributed by atoms with Gasteiger partial charge in [-0.25, -0.2) is 4.79 Å². The largest absolute Gasteiger partial charge is 0.465 e. The molecule has 2 N–H and O–H groups in total. The molecular weight excluding hydrogens is 474 g/mol. The van der Waals surface area contributed by atoms with Gasteiger partial charge in [-0.1, -0.05) is 36.4 Å². The van der Waals surface area contributed by atoms with Gasteiger partial charge in [-0.3, -0.25) is 0 Å². The van der Waals surface area contributed by atoms with E-state index >= 15 is 0 Å². The number of esters is 1. The fraction of sp³-hybridized carbons (Fsp3) is 0.214. The Balaban J connectivity index is 1.30. The number of methoxy groups -OCH3 is 1. The van der Waals surface area contributed by atoms with Crippen LogP contribution in [0.2, 0.25) is 0 Å². The molecule has 7 nitrogen and oxygen atoms in total. The third kappa shape index (κ3) is 3.93. The monoisotopic (exact) mass is 499 g/mol. The van der Waals surface area contributed by atoms with Crippen LogP contribution in [0.5, 0.6) is 11.5 Å². The zero-order chi connectivity index (χ0) is 24.6. The van der Waals surface area contributed by atoms with Crippen molar-refractivity contribution in [1.82, 2.24) is 15.2 Å². The number of hydrogen-bond donors (Lipinski definition) is 2. The van der Waals surface area contributed by atoms with Crippen LogP contribution in [-0.2, 0) is 17.7 Å². The molecule has 0 fully saturated rings. The Bertz CT molecular complexity index is 1460. The van der Waals surface area contributed by atoms with Crippen LogP contribution in [0, 0.1) is 0 Å². The van der Waals surface area contributed by atoms with Gasteiger partial charge in [0.2, 0.25) is 6.79 Å². The number of ether oxygens (including phenoxy) is 3. The van der Waals surface area contributed by atoms with E-state index in [9.17, 15) is 4.79 Å². The van der Waals surface area contributed by atoms with E-state index in [1.807, 2.05) is 18.2 Å². The molecule has 182 valence electrons. The first-order valence-electron chi connectivity index (χ1n) is 11.8. The zero-order valence-electron chi connectivity index (χ0n) is 19.7. The fourth-order valence-corrected chi connectivity index (χ4v) is 5.31. The third-order valence-electron chi connectivity index (χ3n) is 6.83. The highest BCUT2D eigenvalue weighted by molar-refractivity contribution is 7.80. The molecule has 0 saturated heterocycles. The van der Waals surface area contributed by atoms with Crippen LogP contribution in [0.25, 0.3) is 10.9 Å². The molecule has 3 aromatic carbocycles. The van der Waals surface area contributed by atoms with Gasteiger partial charge in [0.05, 0.1) is 18.7 Å². The van der Waals surface area contributed by atoms with E-state index in [0.29, 0.717) is 17.2 Å². The number of thiocarbonyl (C=S) groups is 1. The predicted molar refractivity (Wildman–Crippen MR) is 140 cm³/mol. The second kappa shape index (κ2) is 9.20. The quantitative estimate of drug-likeness (QED) is 0.311. The first kappa shape index (κ1) is 22.4. The molecule has 2 aliphatic heterocycles. The van der Waals surface area contributed by atoms with Crippen molar-refractivity contribution < 1.29 is 19.0 Å². The summed E-state index contributed by atoms with van der Waals surface area (Å²) in [7, 11) is 1.38. The van der Waals surface area contributed by atoms with Gasteiger partial charge in [0.1, 0.15) is 0 Å². The van der Waals surface area contributed by atoms with Crippen LogP contribution in [0.3, 0.4) is 0 Å². The second-order valence-corrected chi connectivity index (χ2v) is 9.26. The van der Waals surface area contributed by atoms with Crippen molar-refractivity contribution >= 4 is 34.2 Å². The molecule has 0 amide bonds. The molecule has 0 radical (unpaired) electrons. The van der Waals surface area contributed by atoms with Crippen LogP contribution >= 0.6 is 12.2 Å². The third-order valence-corrected chi connectivity index (χ3v) is 7.21. The molecule has 36 heavy (non-hydrogen) atoms. The highest BCUT2D eigenvalue weighted by Crippen LogP contribution is 2.42. The molecule has 0 saturated carbocycles. The number of para-hydroxylation sites is 1. The Morgan fingerprint density at radius 3 is 2.75 bits per heavy atom. The van der Waals surface area contributed by atoms with Crippen LogP contribution < -0.4 is 14.8 Å². The number of rotatable bonds is 4. The number of nitrogens with zero attached hydrogens (tertiary/aromatic N) is 1. The average molecular weight is 500 g/mol. The van der Waals surface area contributed by atoms with E-state index in [-0.39, 0.29) is 18.8 Å². The summed E-state index contributed by atoms with van der Waals surface area (Å²) in [6, 6.07) is 21.8. The molecule has 0 spiro atoms. The van der Waals surface area contributed by atoms with Crippen molar-refractivity contribution in [1.29, 1.82) is 0 Å². The summed E-state index contributed by atoms with van der Waals surface area (Å²) in [6.07, 6.45) is 0.885. The summed E-state index contributed by atoms with van der Waals surface area (Å²) in [5, 5.41) is 5.34. The Morgan fingerprint density at radius 1 is 1.11 bits per heavy atom. The first-order valence-corrected chi connectivity index (χ1v) is 12.2. The number of nitrogens with one attached hydrogen (secondary N) is 2. The highest BCUT2D eigenvalue weighted by atomic mass is 32.1. The van der Waals surface area contributed by atoms with Crippen LogP contribution in [0.15, 0.2) is 66.7 Å². The van der Waals surface area contributed by atoms with Gasteiger partial charge in [0, 0.05) is 29.7 Å². The predicted octanol–water partition coefficient (Wildman–Crippen LogP) is 4.71. The van der Waals surface area contributed by atoms with Crippen molar-refractivity contribution in [3.8, 4) is 11.5 Å². The second-order valence-electron chi connectivity index (χ2n) is 8.87. The molecule has 4 aromatic rings. The molecule has 6 rings (SSSR count). The summed E-state index contributed by atoms with van der Waals surface area (Å²) in [4.78, 5) is 17.6. The number of H-pyrrole nitrogens is 1. The maximum Gasteiger partial charge on any atom is 0.337 e. The Kier molecular flexibility index (Phi) is 5.73. The van der Waals surface area contributed by atoms with E-state index < -0.39 is 0 Å². The summed E-state index contributed by atoms with van der Waals surface area (Å²) >= 11 is 5.92. The van der Waals surface area contributed by atoms with Crippen molar-refractivity contribution in [3.05, 3.63) is 94.7 Å². The van der Waals surface area contributed by atoms with Gasteiger partial charge >= 0.3 is 5.97 Å². The zero-order valence-corrected chi connectivity index (χ0v) is 20.6. The maximum absolute atomic E-state index is 11.7. The smallest absolute Gasteiger partial charge is 0.337 e. The lowest BCUT2D eigenvalue weighted by molar-refractivity contribution is 0.0600. The van der Waals surface area contributed by atoms with Crippen LogP contribution in [0.1, 0.15) is 38.8 Å². The molecule has 3 heterocycles. The van der Waals surface area contributed by atoms with Crippen molar-refractivity contribution in [3.63, 3.8) is 0 Å². The van der Waals surface area contributed by atoms with E-state index in [1.165, 1.54) is 18.1 Å². The summed E-state index contributed by atoms with van der Waals surface area (Å²) in [6.45, 7) is 1.56. The molecule has 0 aliphatic carbocycles. The first-order chi connectivity index (χ1) is 17.6. The maximum atomic E-state index is 11.7. The lowest BCUT2D eigenvalue weighted by Gasteiger charge is -2.38. The molecule has 1 atom stereocenters. The van der Waals surface area contributed by atoms with Gasteiger partial charge in [0.25, 0.3) is 0 Å². The van der Waals surface area contributed by atoms with E-state index in [0.717, 1.165) is 46.8 Å². The van der Waals surface area contributed by atoms with Crippen molar-refractivity contribution in [2.75, 3.05) is 20.4 Å². The number of hydrogen-bond acceptors (Lipinski definition) is 5. The lowest BCUT2D eigenvalue weighted by Crippen LogP contribution is -2.45. The summed E-state index contributed by atoms with van der Waals surface area (Å²) in [5.74, 6) is 1.16. The minimum Gasteiger partial charge on any atom is -0.465 e. The highest BCUT2D eigenvalue weighted by Gasteiger charge is 2.34. The fourth-order valence-electron chi connectivity index (χ4n) is 5.05. The molecule has 2 aliphatic rings. The topological polar surface area (TPSA) is 75.8 Å². The molecule has 0 unspecified atom stereocenters. The Hall–Kier alpha value is -4.04. The van der Waals surface area contributed by atoms with Crippen LogP contribution in [-0.4, -0.2) is 41.4 Å². The summed E-state index contributed by atoms with van der Waals surface area (Å²) in [5.41, 5.74) is 6.22. The number of carbonyl (C=O) groups excluding carboxylic acids is 1. The van der Waals surface area contributed by atoms with E-state index in [4.69, 9.17) is 26.4 Å². The van der Waals surface area contributed by atoms with Gasteiger partial charge < -0.3 is 29.4 Å². The lowest BCUT2D eigenvalue weighted by atomic mass is 9.92. The normalized spacial score (nSPS) is 16.0. The molecule has 1 aromatic heterocycles. The van der Waals surface area contributed by atoms with Gasteiger partial charge in [-0.2, -0.15) is 0 Å². The number of aromatic nitrogens is 1. The number of aromatic amines is 1. The van der Waals surface area contributed by atoms with Gasteiger partial charge in [-0.15, -0.1) is 0 Å². The standard InChI is InChI=1S/C28H25N3O4S/c1-33-27(32)18-8-6-17(7-9-18)15-29-28(36)31-13-12-21-20-4-2-3-5-22(20)30-25(21)26(31)19-10-11-23-24(14-19)35-16-34-23/h2-11,14,26,30H,12-13,15-16H2,1H3,(H,29,36)/t26-/m1/s1.